The smallest absolute Gasteiger partial charge is 0.127 e. The minimum Gasteiger partial charge on any atom is -0.347 e. The van der Waals surface area contributed by atoms with E-state index < -0.39 is 0 Å². The van der Waals surface area contributed by atoms with E-state index in [1.165, 1.54) is 16.7 Å². The van der Waals surface area contributed by atoms with Gasteiger partial charge in [-0.3, -0.25) is 0 Å². The van der Waals surface area contributed by atoms with E-state index in [4.69, 9.17) is 5.73 Å². The van der Waals surface area contributed by atoms with Crippen molar-refractivity contribution in [2.24, 2.45) is 5.73 Å². The monoisotopic (exact) mass is 215 g/mol. The summed E-state index contributed by atoms with van der Waals surface area (Å²) in [6, 6.07) is 4.03. The largest absolute Gasteiger partial charge is 0.347 e. The fraction of sp³-hybridized carbons (Fsp3) is 0.308. The Morgan fingerprint density at radius 2 is 1.94 bits per heavy atom. The van der Waals surface area contributed by atoms with Gasteiger partial charge < -0.3 is 10.7 Å². The minimum absolute atomic E-state index is 0.172. The number of hydrogen-bond acceptors (Lipinski definition) is 2. The zero-order valence-corrected chi connectivity index (χ0v) is 9.91. The number of nitrogens with two attached hydrogens (primary N) is 1. The summed E-state index contributed by atoms with van der Waals surface area (Å²) in [6.45, 7) is 6.36. The molecule has 3 nitrogen and oxygen atoms in total. The first-order valence-electron chi connectivity index (χ1n) is 5.43. The maximum absolute atomic E-state index is 6.19. The van der Waals surface area contributed by atoms with Crippen LogP contribution in [0.4, 0.5) is 0 Å². The predicted molar refractivity (Wildman–Crippen MR) is 65.3 cm³/mol. The van der Waals surface area contributed by atoms with Crippen LogP contribution < -0.4 is 5.73 Å². The number of imidazole rings is 1. The number of rotatable bonds is 2. The molecule has 3 N–H and O–H groups in total. The lowest BCUT2D eigenvalue weighted by Gasteiger charge is -2.15. The number of aromatic amines is 1. The van der Waals surface area contributed by atoms with Crippen molar-refractivity contribution < 1.29 is 0 Å². The van der Waals surface area contributed by atoms with Crippen LogP contribution in [0.15, 0.2) is 24.5 Å². The number of benzene rings is 1. The Labute approximate surface area is 95.7 Å². The third-order valence-corrected chi connectivity index (χ3v) is 3.25. The van der Waals surface area contributed by atoms with Crippen molar-refractivity contribution in [3.05, 3.63) is 52.6 Å². The molecule has 1 unspecified atom stereocenters. The zero-order valence-electron chi connectivity index (χ0n) is 9.91. The molecule has 1 heterocycles. The van der Waals surface area contributed by atoms with E-state index in [1.54, 1.807) is 12.4 Å². The van der Waals surface area contributed by atoms with E-state index in [9.17, 15) is 0 Å². The second-order valence-electron chi connectivity index (χ2n) is 4.17. The zero-order chi connectivity index (χ0) is 11.7. The summed E-state index contributed by atoms with van der Waals surface area (Å²) in [5, 5.41) is 0. The molecule has 0 bridgehead atoms. The van der Waals surface area contributed by atoms with Gasteiger partial charge in [-0.05, 0) is 43.0 Å². The Balaban J connectivity index is 2.45. The van der Waals surface area contributed by atoms with E-state index in [0.717, 1.165) is 11.4 Å². The fourth-order valence-corrected chi connectivity index (χ4v) is 1.91. The van der Waals surface area contributed by atoms with E-state index >= 15 is 0 Å². The quantitative estimate of drug-likeness (QED) is 0.808. The molecular formula is C13H17N3. The molecule has 2 rings (SSSR count). The molecule has 1 aromatic heterocycles. The fourth-order valence-electron chi connectivity index (χ4n) is 1.91. The summed E-state index contributed by atoms with van der Waals surface area (Å²) in [5.41, 5.74) is 11.2. The topological polar surface area (TPSA) is 54.7 Å². The van der Waals surface area contributed by atoms with E-state index in [1.807, 2.05) is 0 Å². The van der Waals surface area contributed by atoms with E-state index in [0.29, 0.717) is 0 Å². The molecule has 0 aliphatic carbocycles. The van der Waals surface area contributed by atoms with Crippen LogP contribution in [0.5, 0.6) is 0 Å². The van der Waals surface area contributed by atoms with Crippen molar-refractivity contribution in [2.75, 3.05) is 0 Å². The lowest BCUT2D eigenvalue weighted by Crippen LogP contribution is -2.15. The number of aryl methyl sites for hydroxylation is 1. The molecule has 0 saturated heterocycles. The van der Waals surface area contributed by atoms with Gasteiger partial charge in [0.15, 0.2) is 0 Å². The molecule has 0 aliphatic heterocycles. The predicted octanol–water partition coefficient (Wildman–Crippen LogP) is 2.38. The highest BCUT2D eigenvalue weighted by Crippen LogP contribution is 2.24. The maximum Gasteiger partial charge on any atom is 0.127 e. The van der Waals surface area contributed by atoms with Gasteiger partial charge in [-0.1, -0.05) is 12.1 Å². The Morgan fingerprint density at radius 3 is 2.56 bits per heavy atom. The van der Waals surface area contributed by atoms with Gasteiger partial charge in [-0.15, -0.1) is 0 Å². The Hall–Kier alpha value is -1.61. The second kappa shape index (κ2) is 4.10. The van der Waals surface area contributed by atoms with Crippen molar-refractivity contribution in [3.63, 3.8) is 0 Å². The third-order valence-electron chi connectivity index (χ3n) is 3.25. The van der Waals surface area contributed by atoms with Gasteiger partial charge in [-0.2, -0.15) is 0 Å². The average Bonchev–Trinajstić information content (AvgIpc) is 2.79. The van der Waals surface area contributed by atoms with Crippen molar-refractivity contribution in [1.82, 2.24) is 9.97 Å². The van der Waals surface area contributed by atoms with Gasteiger partial charge in [0.25, 0.3) is 0 Å². The second-order valence-corrected chi connectivity index (χ2v) is 4.17. The highest BCUT2D eigenvalue weighted by atomic mass is 14.9. The van der Waals surface area contributed by atoms with Crippen LogP contribution in [-0.4, -0.2) is 9.97 Å². The van der Waals surface area contributed by atoms with Gasteiger partial charge in [0.05, 0.1) is 6.04 Å². The Kier molecular flexibility index (Phi) is 2.79. The van der Waals surface area contributed by atoms with Crippen LogP contribution in [0, 0.1) is 20.8 Å². The normalized spacial score (nSPS) is 12.8. The molecule has 0 spiro atoms. The summed E-state index contributed by atoms with van der Waals surface area (Å²) < 4.78 is 0. The number of hydrogen-bond donors (Lipinski definition) is 2. The van der Waals surface area contributed by atoms with Gasteiger partial charge in [-0.25, -0.2) is 4.98 Å². The van der Waals surface area contributed by atoms with E-state index in [2.05, 4.69) is 42.9 Å². The molecular weight excluding hydrogens is 198 g/mol. The van der Waals surface area contributed by atoms with Crippen molar-refractivity contribution >= 4 is 0 Å². The molecule has 0 saturated carbocycles. The van der Waals surface area contributed by atoms with Crippen molar-refractivity contribution in [2.45, 2.75) is 26.8 Å². The lowest BCUT2D eigenvalue weighted by molar-refractivity contribution is 0.792. The summed E-state index contributed by atoms with van der Waals surface area (Å²) in [4.78, 5) is 7.27. The first-order chi connectivity index (χ1) is 7.61. The number of nitrogens with zero attached hydrogens (tertiary/aromatic N) is 1. The lowest BCUT2D eigenvalue weighted by atomic mass is 9.94. The van der Waals surface area contributed by atoms with Gasteiger partial charge in [0.1, 0.15) is 5.82 Å². The summed E-state index contributed by atoms with van der Waals surface area (Å²) in [7, 11) is 0. The van der Waals surface area contributed by atoms with Gasteiger partial charge in [0.2, 0.25) is 0 Å². The molecule has 0 aliphatic rings. The van der Waals surface area contributed by atoms with Gasteiger partial charge in [0, 0.05) is 12.4 Å². The molecule has 1 atom stereocenters. The number of aromatic nitrogens is 2. The van der Waals surface area contributed by atoms with Crippen LogP contribution in [0.2, 0.25) is 0 Å². The molecule has 16 heavy (non-hydrogen) atoms. The summed E-state index contributed by atoms with van der Waals surface area (Å²) >= 11 is 0. The Morgan fingerprint density at radius 1 is 1.19 bits per heavy atom. The maximum atomic E-state index is 6.19. The molecule has 84 valence electrons. The third kappa shape index (κ3) is 1.74. The van der Waals surface area contributed by atoms with Crippen molar-refractivity contribution in [1.29, 1.82) is 0 Å². The molecule has 2 aromatic rings. The van der Waals surface area contributed by atoms with Crippen LogP contribution in [0.3, 0.4) is 0 Å². The summed E-state index contributed by atoms with van der Waals surface area (Å²) in [5.74, 6) is 0.811. The molecule has 0 fully saturated rings. The SMILES string of the molecule is Cc1ccc(C(N)c2ncc[nH]2)c(C)c1C. The highest BCUT2D eigenvalue weighted by Gasteiger charge is 2.14. The molecule has 3 heteroatoms. The van der Waals surface area contributed by atoms with Crippen LogP contribution in [0.1, 0.15) is 34.1 Å². The summed E-state index contributed by atoms with van der Waals surface area (Å²) in [6.07, 6.45) is 3.52. The van der Waals surface area contributed by atoms with Crippen molar-refractivity contribution in [3.8, 4) is 0 Å². The highest BCUT2D eigenvalue weighted by molar-refractivity contribution is 5.41. The first kappa shape index (κ1) is 10.9. The average molecular weight is 215 g/mol. The minimum atomic E-state index is -0.172. The standard InChI is InChI=1S/C13H17N3/c1-8-4-5-11(10(3)9(8)2)12(14)13-15-6-7-16-13/h4-7,12H,14H2,1-3H3,(H,15,16). The number of H-pyrrole nitrogens is 1. The first-order valence-corrected chi connectivity index (χ1v) is 5.43. The van der Waals surface area contributed by atoms with Gasteiger partial charge >= 0.3 is 0 Å². The number of nitrogens with one attached hydrogen (secondary N) is 1. The Bertz CT molecular complexity index is 486. The van der Waals surface area contributed by atoms with Crippen LogP contribution in [-0.2, 0) is 0 Å². The van der Waals surface area contributed by atoms with Crippen LogP contribution >= 0.6 is 0 Å². The molecule has 0 amide bonds. The van der Waals surface area contributed by atoms with Crippen LogP contribution in [0.25, 0.3) is 0 Å². The molecule has 1 aromatic carbocycles. The van der Waals surface area contributed by atoms with E-state index in [-0.39, 0.29) is 6.04 Å². The molecule has 0 radical (unpaired) electrons.